The molecule has 0 aliphatic carbocycles. The summed E-state index contributed by atoms with van der Waals surface area (Å²) < 4.78 is 0. The minimum atomic E-state index is -0.123. The molecule has 0 spiro atoms. The molecule has 2 aromatic carbocycles. The van der Waals surface area contributed by atoms with E-state index in [1.165, 1.54) is 5.56 Å². The van der Waals surface area contributed by atoms with Gasteiger partial charge in [-0.05, 0) is 54.6 Å². The van der Waals surface area contributed by atoms with Gasteiger partial charge in [0.1, 0.15) is 5.65 Å². The van der Waals surface area contributed by atoms with Crippen molar-refractivity contribution in [1.82, 2.24) is 15.3 Å². The van der Waals surface area contributed by atoms with Crippen molar-refractivity contribution in [3.05, 3.63) is 84.2 Å². The van der Waals surface area contributed by atoms with Crippen LogP contribution in [0, 0.1) is 0 Å². The molecule has 4 aromatic rings. The van der Waals surface area contributed by atoms with Crippen LogP contribution in [0.2, 0.25) is 0 Å². The molecule has 3 N–H and O–H groups in total. The van der Waals surface area contributed by atoms with Crippen LogP contribution in [0.25, 0.3) is 22.2 Å². The number of anilines is 1. The predicted molar refractivity (Wildman–Crippen MR) is 109 cm³/mol. The van der Waals surface area contributed by atoms with Crippen molar-refractivity contribution >= 4 is 22.6 Å². The number of nitrogens with one attached hydrogen (secondary N) is 3. The Kier molecular flexibility index (Phi) is 4.68. The van der Waals surface area contributed by atoms with Crippen LogP contribution in [-0.2, 0) is 6.54 Å². The Hall–Kier alpha value is -3.44. The van der Waals surface area contributed by atoms with E-state index in [1.54, 1.807) is 0 Å². The van der Waals surface area contributed by atoms with Gasteiger partial charge in [-0.3, -0.25) is 4.79 Å². The van der Waals surface area contributed by atoms with Gasteiger partial charge in [0.15, 0.2) is 0 Å². The highest BCUT2D eigenvalue weighted by atomic mass is 16.1. The van der Waals surface area contributed by atoms with Crippen LogP contribution >= 0.6 is 0 Å². The van der Waals surface area contributed by atoms with Crippen molar-refractivity contribution in [1.29, 1.82) is 0 Å². The molecule has 4 rings (SSSR count). The molecule has 0 fully saturated rings. The van der Waals surface area contributed by atoms with Gasteiger partial charge in [-0.15, -0.1) is 0 Å². The zero-order valence-corrected chi connectivity index (χ0v) is 15.0. The van der Waals surface area contributed by atoms with E-state index < -0.39 is 0 Å². The van der Waals surface area contributed by atoms with Crippen molar-refractivity contribution in [2.24, 2.45) is 0 Å². The van der Waals surface area contributed by atoms with E-state index in [0.29, 0.717) is 5.56 Å². The minimum absolute atomic E-state index is 0.123. The third kappa shape index (κ3) is 3.73. The number of hydrogen-bond donors (Lipinski definition) is 3. The van der Waals surface area contributed by atoms with Gasteiger partial charge >= 0.3 is 0 Å². The van der Waals surface area contributed by atoms with Crippen LogP contribution in [0.5, 0.6) is 0 Å². The van der Waals surface area contributed by atoms with E-state index >= 15 is 0 Å². The molecule has 5 nitrogen and oxygen atoms in total. The number of H-pyrrole nitrogens is 1. The highest BCUT2D eigenvalue weighted by molar-refractivity contribution is 6.04. The van der Waals surface area contributed by atoms with E-state index in [9.17, 15) is 4.79 Å². The van der Waals surface area contributed by atoms with Crippen LogP contribution in [0.4, 0.5) is 5.69 Å². The molecule has 0 saturated heterocycles. The van der Waals surface area contributed by atoms with Crippen molar-refractivity contribution < 1.29 is 4.79 Å². The average molecular weight is 356 g/mol. The summed E-state index contributed by atoms with van der Waals surface area (Å²) in [5, 5.41) is 7.10. The van der Waals surface area contributed by atoms with E-state index in [-0.39, 0.29) is 5.91 Å². The van der Waals surface area contributed by atoms with Crippen LogP contribution in [-0.4, -0.2) is 22.9 Å². The Morgan fingerprint density at radius 2 is 1.78 bits per heavy atom. The first-order valence-corrected chi connectivity index (χ1v) is 8.81. The Labute approximate surface area is 157 Å². The average Bonchev–Trinajstić information content (AvgIpc) is 3.17. The highest BCUT2D eigenvalue weighted by Crippen LogP contribution is 2.23. The molecule has 0 atom stereocenters. The van der Waals surface area contributed by atoms with E-state index in [4.69, 9.17) is 0 Å². The highest BCUT2D eigenvalue weighted by Gasteiger charge is 2.07. The van der Waals surface area contributed by atoms with Crippen molar-refractivity contribution in [3.8, 4) is 11.1 Å². The number of amides is 1. The van der Waals surface area contributed by atoms with Gasteiger partial charge in [-0.25, -0.2) is 4.98 Å². The minimum Gasteiger partial charge on any atom is -0.346 e. The third-order valence-electron chi connectivity index (χ3n) is 4.47. The molecule has 0 aliphatic heterocycles. The molecule has 0 radical (unpaired) electrons. The molecule has 2 aromatic heterocycles. The number of aromatic amines is 1. The lowest BCUT2D eigenvalue weighted by Crippen LogP contribution is -2.12. The monoisotopic (exact) mass is 356 g/mol. The summed E-state index contributed by atoms with van der Waals surface area (Å²) in [4.78, 5) is 20.0. The number of hydrogen-bond acceptors (Lipinski definition) is 3. The lowest BCUT2D eigenvalue weighted by atomic mass is 10.0. The van der Waals surface area contributed by atoms with Crippen molar-refractivity contribution in [2.75, 3.05) is 12.4 Å². The number of rotatable bonds is 5. The Morgan fingerprint density at radius 1 is 1.00 bits per heavy atom. The maximum Gasteiger partial charge on any atom is 0.255 e. The molecule has 0 bridgehead atoms. The lowest BCUT2D eigenvalue weighted by molar-refractivity contribution is 0.102. The standard InChI is InChI=1S/C22H20N4O/c1-23-13-15-2-8-20(9-3-15)26-22(27)17-6-4-16(5-7-17)19-12-18-10-11-24-21(18)25-14-19/h2-12,14,23H,13H2,1H3,(H,24,25)(H,26,27). The summed E-state index contributed by atoms with van der Waals surface area (Å²) in [6.45, 7) is 0.805. The number of fused-ring (bicyclic) bond motifs is 1. The summed E-state index contributed by atoms with van der Waals surface area (Å²) >= 11 is 0. The summed E-state index contributed by atoms with van der Waals surface area (Å²) in [5.74, 6) is -0.123. The quantitative estimate of drug-likeness (QED) is 0.502. The Bertz CT molecular complexity index is 1070. The molecule has 27 heavy (non-hydrogen) atoms. The maximum absolute atomic E-state index is 12.5. The lowest BCUT2D eigenvalue weighted by Gasteiger charge is -2.08. The molecule has 0 unspecified atom stereocenters. The van der Waals surface area contributed by atoms with Crippen LogP contribution in [0.1, 0.15) is 15.9 Å². The first-order chi connectivity index (χ1) is 13.2. The van der Waals surface area contributed by atoms with E-state index in [0.717, 1.165) is 34.4 Å². The molecular formula is C22H20N4O. The molecule has 1 amide bonds. The first kappa shape index (κ1) is 17.0. The van der Waals surface area contributed by atoms with E-state index in [1.807, 2.05) is 74.0 Å². The molecular weight excluding hydrogens is 336 g/mol. The molecule has 0 saturated carbocycles. The van der Waals surface area contributed by atoms with Crippen LogP contribution in [0.15, 0.2) is 73.1 Å². The summed E-state index contributed by atoms with van der Waals surface area (Å²) in [5.41, 5.74) is 5.50. The Balaban J connectivity index is 1.48. The van der Waals surface area contributed by atoms with Gasteiger partial charge in [0.05, 0.1) is 0 Å². The second-order valence-electron chi connectivity index (χ2n) is 6.40. The fourth-order valence-electron chi connectivity index (χ4n) is 3.03. The SMILES string of the molecule is CNCc1ccc(NC(=O)c2ccc(-c3cnc4[nH]ccc4c3)cc2)cc1. The van der Waals surface area contributed by atoms with Crippen LogP contribution in [0.3, 0.4) is 0 Å². The number of aromatic nitrogens is 2. The fourth-order valence-corrected chi connectivity index (χ4v) is 3.03. The van der Waals surface area contributed by atoms with Gasteiger partial charge in [0.2, 0.25) is 0 Å². The smallest absolute Gasteiger partial charge is 0.255 e. The van der Waals surface area contributed by atoms with Gasteiger partial charge in [-0.2, -0.15) is 0 Å². The normalized spacial score (nSPS) is 10.9. The zero-order valence-electron chi connectivity index (χ0n) is 15.0. The number of pyridine rings is 1. The summed E-state index contributed by atoms with van der Waals surface area (Å²) in [7, 11) is 1.91. The largest absolute Gasteiger partial charge is 0.346 e. The second-order valence-corrected chi connectivity index (χ2v) is 6.40. The van der Waals surface area contributed by atoms with Crippen molar-refractivity contribution in [2.45, 2.75) is 6.54 Å². The maximum atomic E-state index is 12.5. The number of carbonyl (C=O) groups excluding carboxylic acids is 1. The van der Waals surface area contributed by atoms with Gasteiger partial charge in [0.25, 0.3) is 5.91 Å². The second kappa shape index (κ2) is 7.43. The molecule has 5 heteroatoms. The number of benzene rings is 2. The fraction of sp³-hybridized carbons (Fsp3) is 0.0909. The van der Waals surface area contributed by atoms with Gasteiger partial charge in [0, 0.05) is 41.1 Å². The molecule has 2 heterocycles. The molecule has 134 valence electrons. The van der Waals surface area contributed by atoms with Gasteiger partial charge in [-0.1, -0.05) is 24.3 Å². The number of nitrogens with zero attached hydrogens (tertiary/aromatic N) is 1. The topological polar surface area (TPSA) is 69.8 Å². The number of carbonyl (C=O) groups is 1. The Morgan fingerprint density at radius 3 is 2.52 bits per heavy atom. The summed E-state index contributed by atoms with van der Waals surface area (Å²) in [6, 6.07) is 19.5. The van der Waals surface area contributed by atoms with Gasteiger partial charge < -0.3 is 15.6 Å². The van der Waals surface area contributed by atoms with Crippen LogP contribution < -0.4 is 10.6 Å². The molecule has 0 aliphatic rings. The zero-order chi connectivity index (χ0) is 18.6. The van der Waals surface area contributed by atoms with Crippen molar-refractivity contribution in [3.63, 3.8) is 0 Å². The third-order valence-corrected chi connectivity index (χ3v) is 4.47. The van der Waals surface area contributed by atoms with E-state index in [2.05, 4.69) is 26.7 Å². The predicted octanol–water partition coefficient (Wildman–Crippen LogP) is 4.20. The first-order valence-electron chi connectivity index (χ1n) is 8.81. The summed E-state index contributed by atoms with van der Waals surface area (Å²) in [6.07, 6.45) is 3.71.